The molecule has 0 radical (unpaired) electrons. The zero-order valence-electron chi connectivity index (χ0n) is 17.1. The summed E-state index contributed by atoms with van der Waals surface area (Å²) in [5.74, 6) is -0.418. The summed E-state index contributed by atoms with van der Waals surface area (Å²) in [6.45, 7) is 3.88. The van der Waals surface area contributed by atoms with E-state index in [1.54, 1.807) is 4.90 Å². The molecule has 4 rings (SSSR count). The van der Waals surface area contributed by atoms with E-state index < -0.39 is 0 Å². The monoisotopic (exact) mass is 417 g/mol. The third-order valence-corrected chi connectivity index (χ3v) is 6.33. The van der Waals surface area contributed by atoms with Gasteiger partial charge < -0.3 is 19.4 Å². The van der Waals surface area contributed by atoms with Crippen LogP contribution in [0.4, 0.5) is 4.39 Å². The van der Waals surface area contributed by atoms with Crippen LogP contribution in [0, 0.1) is 11.7 Å². The van der Waals surface area contributed by atoms with Crippen LogP contribution in [0.2, 0.25) is 0 Å². The van der Waals surface area contributed by atoms with Crippen LogP contribution in [0.1, 0.15) is 36.0 Å². The third-order valence-electron chi connectivity index (χ3n) is 6.33. The van der Waals surface area contributed by atoms with Crippen molar-refractivity contribution in [1.82, 2.24) is 14.7 Å². The second-order valence-electron chi connectivity index (χ2n) is 8.23. The molecule has 3 amide bonds. The second-order valence-corrected chi connectivity index (χ2v) is 8.23. The van der Waals surface area contributed by atoms with Gasteiger partial charge in [-0.2, -0.15) is 0 Å². The summed E-state index contributed by atoms with van der Waals surface area (Å²) < 4.78 is 18.5. The van der Waals surface area contributed by atoms with Gasteiger partial charge in [0.2, 0.25) is 5.91 Å². The van der Waals surface area contributed by atoms with Crippen molar-refractivity contribution in [3.63, 3.8) is 0 Å². The van der Waals surface area contributed by atoms with E-state index >= 15 is 0 Å². The Morgan fingerprint density at radius 3 is 1.97 bits per heavy atom. The van der Waals surface area contributed by atoms with Crippen molar-refractivity contribution < 1.29 is 23.5 Å². The number of carbonyl (C=O) groups excluding carboxylic acids is 3. The normalized spacial score (nSPS) is 23.0. The average Bonchev–Trinajstić information content (AvgIpc) is 3.33. The maximum atomic E-state index is 13.1. The van der Waals surface area contributed by atoms with E-state index in [4.69, 9.17) is 4.74 Å². The first-order chi connectivity index (χ1) is 14.5. The van der Waals surface area contributed by atoms with Gasteiger partial charge in [0.25, 0.3) is 11.8 Å². The zero-order chi connectivity index (χ0) is 21.1. The number of rotatable bonds is 3. The molecule has 1 unspecified atom stereocenters. The fraction of sp³-hybridized carbons (Fsp3) is 0.591. The number of carbonyl (C=O) groups is 3. The van der Waals surface area contributed by atoms with Crippen LogP contribution in [-0.2, 0) is 14.3 Å². The average molecular weight is 417 g/mol. The Morgan fingerprint density at radius 1 is 0.800 bits per heavy atom. The minimum atomic E-state index is -0.367. The topological polar surface area (TPSA) is 70.2 Å². The fourth-order valence-electron chi connectivity index (χ4n) is 4.49. The number of ether oxygens (including phenoxy) is 1. The Hall–Kier alpha value is -2.48. The highest BCUT2D eigenvalue weighted by molar-refractivity contribution is 5.94. The first kappa shape index (κ1) is 20.8. The maximum Gasteiger partial charge on any atom is 0.253 e. The van der Waals surface area contributed by atoms with E-state index in [-0.39, 0.29) is 35.6 Å². The molecule has 7 nitrogen and oxygen atoms in total. The van der Waals surface area contributed by atoms with Crippen LogP contribution < -0.4 is 0 Å². The number of amides is 3. The van der Waals surface area contributed by atoms with E-state index in [1.807, 2.05) is 9.80 Å². The minimum Gasteiger partial charge on any atom is -0.368 e. The number of likely N-dealkylation sites (tertiary alicyclic amines) is 1. The molecule has 3 saturated heterocycles. The molecule has 0 spiro atoms. The molecular formula is C22H28FN3O4. The van der Waals surface area contributed by atoms with Crippen LogP contribution in [0.5, 0.6) is 0 Å². The van der Waals surface area contributed by atoms with Crippen LogP contribution >= 0.6 is 0 Å². The summed E-state index contributed by atoms with van der Waals surface area (Å²) in [5, 5.41) is 0. The Labute approximate surface area is 175 Å². The lowest BCUT2D eigenvalue weighted by Crippen LogP contribution is -2.54. The van der Waals surface area contributed by atoms with E-state index in [0.717, 1.165) is 12.8 Å². The molecule has 1 aromatic carbocycles. The largest absolute Gasteiger partial charge is 0.368 e. The van der Waals surface area contributed by atoms with Gasteiger partial charge in [0.1, 0.15) is 11.9 Å². The molecule has 0 saturated carbocycles. The van der Waals surface area contributed by atoms with Crippen molar-refractivity contribution in [3.05, 3.63) is 35.6 Å². The minimum absolute atomic E-state index is 0.0483. The standard InChI is InChI=1S/C22H28FN3O4/c23-18-5-3-16(4-6-18)20(27)24-9-7-17(8-10-24)21(28)25-11-13-26(14-12-25)22(29)19-2-1-15-30-19/h3-6,17,19H,1-2,7-15H2. The van der Waals surface area contributed by atoms with Crippen molar-refractivity contribution in [3.8, 4) is 0 Å². The number of nitrogens with zero attached hydrogens (tertiary/aromatic N) is 3. The van der Waals surface area contributed by atoms with Crippen LogP contribution in [0.15, 0.2) is 24.3 Å². The van der Waals surface area contributed by atoms with Gasteiger partial charge in [0, 0.05) is 57.4 Å². The number of hydrogen-bond donors (Lipinski definition) is 0. The number of halogens is 1. The van der Waals surface area contributed by atoms with Gasteiger partial charge in [-0.05, 0) is 49.9 Å². The number of piperazine rings is 1. The predicted octanol–water partition coefficient (Wildman–Crippen LogP) is 1.53. The summed E-state index contributed by atoms with van der Waals surface area (Å²) in [6, 6.07) is 5.55. The van der Waals surface area contributed by atoms with Crippen LogP contribution in [0.3, 0.4) is 0 Å². The zero-order valence-corrected chi connectivity index (χ0v) is 17.1. The van der Waals surface area contributed by atoms with Crippen molar-refractivity contribution in [1.29, 1.82) is 0 Å². The number of piperidine rings is 1. The smallest absolute Gasteiger partial charge is 0.253 e. The molecule has 0 aromatic heterocycles. The lowest BCUT2D eigenvalue weighted by atomic mass is 9.94. The van der Waals surface area contributed by atoms with E-state index in [2.05, 4.69) is 0 Å². The van der Waals surface area contributed by atoms with Crippen molar-refractivity contribution in [2.75, 3.05) is 45.9 Å². The second kappa shape index (κ2) is 9.12. The fourth-order valence-corrected chi connectivity index (χ4v) is 4.49. The molecule has 1 atom stereocenters. The molecule has 1 aromatic rings. The summed E-state index contributed by atoms with van der Waals surface area (Å²) in [4.78, 5) is 43.3. The number of hydrogen-bond acceptors (Lipinski definition) is 4. The van der Waals surface area contributed by atoms with Crippen molar-refractivity contribution in [2.24, 2.45) is 5.92 Å². The SMILES string of the molecule is O=C(c1ccc(F)cc1)N1CCC(C(=O)N2CCN(C(=O)C3CCCO3)CC2)CC1. The molecule has 162 valence electrons. The molecule has 3 heterocycles. The van der Waals surface area contributed by atoms with Gasteiger partial charge in [-0.3, -0.25) is 14.4 Å². The summed E-state index contributed by atoms with van der Waals surface area (Å²) in [6.07, 6.45) is 2.65. The van der Waals surface area contributed by atoms with Gasteiger partial charge in [0.05, 0.1) is 0 Å². The summed E-state index contributed by atoms with van der Waals surface area (Å²) in [7, 11) is 0. The first-order valence-corrected chi connectivity index (χ1v) is 10.8. The van der Waals surface area contributed by atoms with Crippen molar-refractivity contribution >= 4 is 17.7 Å². The lowest BCUT2D eigenvalue weighted by molar-refractivity contribution is -0.147. The van der Waals surface area contributed by atoms with Crippen LogP contribution in [0.25, 0.3) is 0 Å². The van der Waals surface area contributed by atoms with Crippen molar-refractivity contribution in [2.45, 2.75) is 31.8 Å². The summed E-state index contributed by atoms with van der Waals surface area (Å²) >= 11 is 0. The van der Waals surface area contributed by atoms with Gasteiger partial charge in [-0.1, -0.05) is 0 Å². The molecule has 0 N–H and O–H groups in total. The predicted molar refractivity (Wildman–Crippen MR) is 107 cm³/mol. The van der Waals surface area contributed by atoms with Gasteiger partial charge >= 0.3 is 0 Å². The van der Waals surface area contributed by atoms with Gasteiger partial charge in [-0.25, -0.2) is 4.39 Å². The van der Waals surface area contributed by atoms with Crippen LogP contribution in [-0.4, -0.2) is 84.4 Å². The maximum absolute atomic E-state index is 13.1. The van der Waals surface area contributed by atoms with Gasteiger partial charge in [-0.15, -0.1) is 0 Å². The Balaban J connectivity index is 1.24. The molecular weight excluding hydrogens is 389 g/mol. The quantitative estimate of drug-likeness (QED) is 0.748. The molecule has 0 bridgehead atoms. The molecule has 0 aliphatic carbocycles. The third kappa shape index (κ3) is 4.48. The van der Waals surface area contributed by atoms with Gasteiger partial charge in [0.15, 0.2) is 0 Å². The van der Waals surface area contributed by atoms with E-state index in [9.17, 15) is 18.8 Å². The molecule has 3 fully saturated rings. The highest BCUT2D eigenvalue weighted by atomic mass is 19.1. The lowest BCUT2D eigenvalue weighted by Gasteiger charge is -2.39. The molecule has 30 heavy (non-hydrogen) atoms. The first-order valence-electron chi connectivity index (χ1n) is 10.8. The Kier molecular flexibility index (Phi) is 6.32. The summed E-state index contributed by atoms with van der Waals surface area (Å²) in [5.41, 5.74) is 0.466. The van der Waals surface area contributed by atoms with E-state index in [1.165, 1.54) is 24.3 Å². The number of benzene rings is 1. The molecule has 8 heteroatoms. The highest BCUT2D eigenvalue weighted by Crippen LogP contribution is 2.23. The molecule has 3 aliphatic heterocycles. The van der Waals surface area contributed by atoms with E-state index in [0.29, 0.717) is 64.3 Å². The highest BCUT2D eigenvalue weighted by Gasteiger charge is 2.34. The Morgan fingerprint density at radius 2 is 1.40 bits per heavy atom. The Bertz CT molecular complexity index is 778. The molecule has 3 aliphatic rings.